The number of phenolic OH excluding ortho intramolecular Hbond substituents is 1. The highest BCUT2D eigenvalue weighted by molar-refractivity contribution is 6.31. The van der Waals surface area contributed by atoms with Crippen LogP contribution < -0.4 is 5.32 Å². The van der Waals surface area contributed by atoms with Crippen molar-refractivity contribution in [2.75, 3.05) is 6.54 Å². The Hall–Kier alpha value is -0.730. The van der Waals surface area contributed by atoms with Crippen molar-refractivity contribution in [3.63, 3.8) is 0 Å². The largest absolute Gasteiger partial charge is 0.508 e. The molecule has 1 aliphatic heterocycles. The Bertz CT molecular complexity index is 308. The number of hydrogen-bond acceptors (Lipinski definition) is 2. The number of halogens is 1. The minimum Gasteiger partial charge on any atom is -0.508 e. The monoisotopic (exact) mass is 197 g/mol. The van der Waals surface area contributed by atoms with Gasteiger partial charge in [-0.25, -0.2) is 0 Å². The van der Waals surface area contributed by atoms with Crippen molar-refractivity contribution in [2.24, 2.45) is 0 Å². The molecule has 0 aromatic heterocycles. The van der Waals surface area contributed by atoms with E-state index in [9.17, 15) is 5.11 Å². The summed E-state index contributed by atoms with van der Waals surface area (Å²) in [6.07, 6.45) is 2.28. The predicted octanol–water partition coefficient (Wildman–Crippen LogP) is 2.47. The Kier molecular flexibility index (Phi) is 2.42. The fourth-order valence-electron chi connectivity index (χ4n) is 1.75. The first-order valence-corrected chi connectivity index (χ1v) is 4.87. The molecule has 3 heteroatoms. The lowest BCUT2D eigenvalue weighted by Gasteiger charge is -2.12. The summed E-state index contributed by atoms with van der Waals surface area (Å²) in [5.74, 6) is 0.285. The number of nitrogens with one attached hydrogen (secondary N) is 1. The molecule has 0 radical (unpaired) electrons. The molecule has 1 aromatic carbocycles. The van der Waals surface area contributed by atoms with Gasteiger partial charge in [-0.05, 0) is 43.1 Å². The van der Waals surface area contributed by atoms with Crippen LogP contribution in [-0.2, 0) is 0 Å². The van der Waals surface area contributed by atoms with Gasteiger partial charge in [0.15, 0.2) is 0 Å². The van der Waals surface area contributed by atoms with Gasteiger partial charge in [-0.2, -0.15) is 0 Å². The minimum absolute atomic E-state index is 0.285. The van der Waals surface area contributed by atoms with Gasteiger partial charge in [0.05, 0.1) is 0 Å². The third-order valence-corrected chi connectivity index (χ3v) is 2.76. The molecule has 1 saturated heterocycles. The highest BCUT2D eigenvalue weighted by Gasteiger charge is 2.18. The molecule has 0 spiro atoms. The molecule has 0 saturated carbocycles. The molecule has 1 atom stereocenters. The van der Waals surface area contributed by atoms with E-state index in [0.29, 0.717) is 6.04 Å². The van der Waals surface area contributed by atoms with Crippen LogP contribution in [0.15, 0.2) is 18.2 Å². The Morgan fingerprint density at radius 1 is 1.46 bits per heavy atom. The summed E-state index contributed by atoms with van der Waals surface area (Å²) in [6, 6.07) is 5.41. The van der Waals surface area contributed by atoms with Crippen molar-refractivity contribution < 1.29 is 5.11 Å². The van der Waals surface area contributed by atoms with E-state index >= 15 is 0 Å². The molecule has 0 aliphatic carbocycles. The van der Waals surface area contributed by atoms with Crippen molar-refractivity contribution in [1.29, 1.82) is 0 Å². The second kappa shape index (κ2) is 3.56. The normalized spacial score (nSPS) is 22.1. The molecule has 0 amide bonds. The van der Waals surface area contributed by atoms with E-state index in [0.717, 1.165) is 23.6 Å². The molecule has 1 aromatic rings. The van der Waals surface area contributed by atoms with Crippen molar-refractivity contribution in [2.45, 2.75) is 18.9 Å². The summed E-state index contributed by atoms with van der Waals surface area (Å²) in [5, 5.41) is 13.4. The summed E-state index contributed by atoms with van der Waals surface area (Å²) >= 11 is 6.03. The number of hydrogen-bond donors (Lipinski definition) is 2. The summed E-state index contributed by atoms with van der Waals surface area (Å²) in [7, 11) is 0. The lowest BCUT2D eigenvalue weighted by Crippen LogP contribution is -2.13. The Balaban J connectivity index is 2.32. The zero-order valence-corrected chi connectivity index (χ0v) is 8.01. The zero-order chi connectivity index (χ0) is 9.26. The van der Waals surface area contributed by atoms with Crippen LogP contribution >= 0.6 is 11.6 Å². The molecular formula is C10H12ClNO. The quantitative estimate of drug-likeness (QED) is 0.725. The molecule has 0 unspecified atom stereocenters. The fraction of sp³-hybridized carbons (Fsp3) is 0.400. The van der Waals surface area contributed by atoms with E-state index in [1.54, 1.807) is 18.2 Å². The van der Waals surface area contributed by atoms with Gasteiger partial charge in [-0.1, -0.05) is 11.6 Å². The predicted molar refractivity (Wildman–Crippen MR) is 53.1 cm³/mol. The van der Waals surface area contributed by atoms with Gasteiger partial charge >= 0.3 is 0 Å². The van der Waals surface area contributed by atoms with Gasteiger partial charge in [0, 0.05) is 11.1 Å². The van der Waals surface area contributed by atoms with E-state index in [-0.39, 0.29) is 5.75 Å². The third kappa shape index (κ3) is 1.79. The summed E-state index contributed by atoms with van der Waals surface area (Å²) < 4.78 is 0. The van der Waals surface area contributed by atoms with Gasteiger partial charge in [-0.15, -0.1) is 0 Å². The summed E-state index contributed by atoms with van der Waals surface area (Å²) in [5.41, 5.74) is 1.01. The van der Waals surface area contributed by atoms with Crippen molar-refractivity contribution in [1.82, 2.24) is 5.32 Å². The Morgan fingerprint density at radius 2 is 2.31 bits per heavy atom. The highest BCUT2D eigenvalue weighted by Crippen LogP contribution is 2.31. The summed E-state index contributed by atoms with van der Waals surface area (Å²) in [6.45, 7) is 1.04. The van der Waals surface area contributed by atoms with Crippen LogP contribution in [0, 0.1) is 0 Å². The highest BCUT2D eigenvalue weighted by atomic mass is 35.5. The first-order chi connectivity index (χ1) is 6.27. The van der Waals surface area contributed by atoms with Crippen LogP contribution in [0.4, 0.5) is 0 Å². The fourth-order valence-corrected chi connectivity index (χ4v) is 2.00. The first-order valence-electron chi connectivity index (χ1n) is 4.49. The second-order valence-electron chi connectivity index (χ2n) is 3.35. The maximum absolute atomic E-state index is 9.31. The van der Waals surface area contributed by atoms with Gasteiger partial charge in [0.1, 0.15) is 5.75 Å². The third-order valence-electron chi connectivity index (χ3n) is 2.42. The van der Waals surface area contributed by atoms with Crippen molar-refractivity contribution in [3.8, 4) is 5.75 Å². The van der Waals surface area contributed by atoms with Crippen LogP contribution in [0.5, 0.6) is 5.75 Å². The van der Waals surface area contributed by atoms with Crippen LogP contribution in [0.1, 0.15) is 24.4 Å². The van der Waals surface area contributed by atoms with E-state index in [1.807, 2.05) is 0 Å². The molecule has 13 heavy (non-hydrogen) atoms. The molecule has 1 heterocycles. The van der Waals surface area contributed by atoms with Crippen LogP contribution in [0.25, 0.3) is 0 Å². The van der Waals surface area contributed by atoms with Gasteiger partial charge in [-0.3, -0.25) is 0 Å². The maximum atomic E-state index is 9.31. The number of benzene rings is 1. The van der Waals surface area contributed by atoms with Gasteiger partial charge < -0.3 is 10.4 Å². The van der Waals surface area contributed by atoms with Crippen LogP contribution in [0.3, 0.4) is 0 Å². The van der Waals surface area contributed by atoms with Gasteiger partial charge in [0.2, 0.25) is 0 Å². The average Bonchev–Trinajstić information content (AvgIpc) is 2.61. The standard InChI is InChI=1S/C10H12ClNO/c11-9-4-3-7(13)6-8(9)10-2-1-5-12-10/h3-4,6,10,12-13H,1-2,5H2/t10-/m0/s1. The number of phenols is 1. The maximum Gasteiger partial charge on any atom is 0.116 e. The molecular weight excluding hydrogens is 186 g/mol. The van der Waals surface area contributed by atoms with E-state index in [4.69, 9.17) is 11.6 Å². The number of rotatable bonds is 1. The SMILES string of the molecule is Oc1ccc(Cl)c([C@@H]2CCCN2)c1. The molecule has 2 N–H and O–H groups in total. The topological polar surface area (TPSA) is 32.3 Å². The van der Waals surface area contributed by atoms with Gasteiger partial charge in [0.25, 0.3) is 0 Å². The average molecular weight is 198 g/mol. The van der Waals surface area contributed by atoms with Crippen LogP contribution in [-0.4, -0.2) is 11.7 Å². The van der Waals surface area contributed by atoms with Crippen molar-refractivity contribution in [3.05, 3.63) is 28.8 Å². The molecule has 0 bridgehead atoms. The van der Waals surface area contributed by atoms with E-state index < -0.39 is 0 Å². The second-order valence-corrected chi connectivity index (χ2v) is 3.76. The lowest BCUT2D eigenvalue weighted by molar-refractivity contribution is 0.473. The Morgan fingerprint density at radius 3 is 3.00 bits per heavy atom. The minimum atomic E-state index is 0.285. The molecule has 70 valence electrons. The molecule has 1 fully saturated rings. The first kappa shape index (κ1) is 8.85. The zero-order valence-electron chi connectivity index (χ0n) is 7.26. The molecule has 1 aliphatic rings. The van der Waals surface area contributed by atoms with E-state index in [1.165, 1.54) is 6.42 Å². The van der Waals surface area contributed by atoms with E-state index in [2.05, 4.69) is 5.32 Å². The number of aromatic hydroxyl groups is 1. The Labute approximate surface area is 82.5 Å². The smallest absolute Gasteiger partial charge is 0.116 e. The summed E-state index contributed by atoms with van der Waals surface area (Å²) in [4.78, 5) is 0. The lowest BCUT2D eigenvalue weighted by atomic mass is 10.1. The molecule has 2 nitrogen and oxygen atoms in total. The van der Waals surface area contributed by atoms with Crippen LogP contribution in [0.2, 0.25) is 5.02 Å². The molecule has 2 rings (SSSR count). The van der Waals surface area contributed by atoms with Crippen molar-refractivity contribution >= 4 is 11.6 Å².